The van der Waals surface area contributed by atoms with Gasteiger partial charge in [-0.05, 0) is 52.5 Å². The van der Waals surface area contributed by atoms with Gasteiger partial charge in [0.2, 0.25) is 5.91 Å². The van der Waals surface area contributed by atoms with E-state index in [0.717, 1.165) is 32.2 Å². The number of amides is 1. The van der Waals surface area contributed by atoms with Crippen LogP contribution in [0.1, 0.15) is 46.0 Å². The normalized spacial score (nSPS) is 31.4. The second-order valence-corrected chi connectivity index (χ2v) is 6.08. The van der Waals surface area contributed by atoms with Crippen molar-refractivity contribution in [2.45, 2.75) is 64.1 Å². The minimum Gasteiger partial charge on any atom is -0.468 e. The molecule has 1 amide bonds. The van der Waals surface area contributed by atoms with Crippen molar-refractivity contribution in [1.29, 1.82) is 0 Å². The molecule has 0 saturated carbocycles. The predicted octanol–water partition coefficient (Wildman–Crippen LogP) is 1.41. The quantitative estimate of drug-likeness (QED) is 0.735. The molecule has 20 heavy (non-hydrogen) atoms. The Labute approximate surface area is 121 Å². The van der Waals surface area contributed by atoms with Crippen molar-refractivity contribution in [2.24, 2.45) is 0 Å². The van der Waals surface area contributed by atoms with Crippen molar-refractivity contribution < 1.29 is 14.3 Å². The van der Waals surface area contributed by atoms with Gasteiger partial charge in [0, 0.05) is 12.1 Å². The number of ether oxygens (including phenoxy) is 1. The fraction of sp³-hybridized carbons (Fsp3) is 0.867. The van der Waals surface area contributed by atoms with Gasteiger partial charge in [-0.25, -0.2) is 0 Å². The molecule has 0 N–H and O–H groups in total. The van der Waals surface area contributed by atoms with Gasteiger partial charge in [-0.2, -0.15) is 0 Å². The highest BCUT2D eigenvalue weighted by Crippen LogP contribution is 2.24. The van der Waals surface area contributed by atoms with Crippen LogP contribution in [0.3, 0.4) is 0 Å². The van der Waals surface area contributed by atoms with Gasteiger partial charge in [0.1, 0.15) is 6.04 Å². The Hall–Kier alpha value is -1.10. The molecule has 0 unspecified atom stereocenters. The molecule has 0 aromatic heterocycles. The first-order chi connectivity index (χ1) is 9.54. The number of hydrogen-bond acceptors (Lipinski definition) is 4. The van der Waals surface area contributed by atoms with Gasteiger partial charge in [0.25, 0.3) is 0 Å². The van der Waals surface area contributed by atoms with Crippen LogP contribution in [0.5, 0.6) is 0 Å². The number of carbonyl (C=O) groups excluding carboxylic acids is 2. The van der Waals surface area contributed by atoms with E-state index >= 15 is 0 Å². The van der Waals surface area contributed by atoms with Crippen LogP contribution < -0.4 is 0 Å². The van der Waals surface area contributed by atoms with E-state index in [0.29, 0.717) is 18.6 Å². The molecular formula is C15H26N2O3. The van der Waals surface area contributed by atoms with Crippen LogP contribution in [-0.2, 0) is 14.3 Å². The molecule has 2 aliphatic rings. The van der Waals surface area contributed by atoms with Crippen LogP contribution in [0.4, 0.5) is 0 Å². The van der Waals surface area contributed by atoms with E-state index in [4.69, 9.17) is 4.74 Å². The monoisotopic (exact) mass is 282 g/mol. The zero-order chi connectivity index (χ0) is 14.7. The van der Waals surface area contributed by atoms with Crippen molar-refractivity contribution in [3.63, 3.8) is 0 Å². The Morgan fingerprint density at radius 2 is 1.75 bits per heavy atom. The van der Waals surface area contributed by atoms with E-state index in [1.54, 1.807) is 0 Å². The smallest absolute Gasteiger partial charge is 0.323 e. The summed E-state index contributed by atoms with van der Waals surface area (Å²) >= 11 is 0. The number of piperidine rings is 1. The second-order valence-electron chi connectivity index (χ2n) is 6.08. The fourth-order valence-corrected chi connectivity index (χ4v) is 3.59. The van der Waals surface area contributed by atoms with E-state index in [9.17, 15) is 9.59 Å². The SMILES string of the molecule is COC(=O)[C@@H]1CCCN1CC(=O)N1[C@H](C)CCC[C@@H]1C. The molecule has 2 saturated heterocycles. The van der Waals surface area contributed by atoms with Crippen molar-refractivity contribution in [2.75, 3.05) is 20.2 Å². The van der Waals surface area contributed by atoms with E-state index < -0.39 is 0 Å². The van der Waals surface area contributed by atoms with Crippen molar-refractivity contribution in [1.82, 2.24) is 9.80 Å². The average Bonchev–Trinajstić information content (AvgIpc) is 2.85. The van der Waals surface area contributed by atoms with E-state index in [2.05, 4.69) is 13.8 Å². The van der Waals surface area contributed by atoms with Crippen LogP contribution >= 0.6 is 0 Å². The van der Waals surface area contributed by atoms with Crippen molar-refractivity contribution in [3.8, 4) is 0 Å². The zero-order valence-electron chi connectivity index (χ0n) is 12.8. The molecule has 5 nitrogen and oxygen atoms in total. The number of carbonyl (C=O) groups is 2. The lowest BCUT2D eigenvalue weighted by Crippen LogP contribution is -2.52. The summed E-state index contributed by atoms with van der Waals surface area (Å²) in [5, 5.41) is 0. The summed E-state index contributed by atoms with van der Waals surface area (Å²) in [4.78, 5) is 28.3. The number of rotatable bonds is 3. The van der Waals surface area contributed by atoms with Gasteiger partial charge in [0.15, 0.2) is 0 Å². The lowest BCUT2D eigenvalue weighted by Gasteiger charge is -2.40. The highest BCUT2D eigenvalue weighted by Gasteiger charge is 2.35. The number of methoxy groups -OCH3 is 1. The highest BCUT2D eigenvalue weighted by molar-refractivity contribution is 5.81. The van der Waals surface area contributed by atoms with Crippen molar-refractivity contribution in [3.05, 3.63) is 0 Å². The van der Waals surface area contributed by atoms with Crippen LogP contribution in [0.2, 0.25) is 0 Å². The summed E-state index contributed by atoms with van der Waals surface area (Å²) in [5.74, 6) is -0.0597. The van der Waals surface area contributed by atoms with Gasteiger partial charge < -0.3 is 9.64 Å². The van der Waals surface area contributed by atoms with Crippen LogP contribution in [0, 0.1) is 0 Å². The molecule has 0 aliphatic carbocycles. The average molecular weight is 282 g/mol. The Balaban J connectivity index is 1.98. The summed E-state index contributed by atoms with van der Waals surface area (Å²) in [6.45, 7) is 5.39. The molecule has 2 heterocycles. The molecule has 2 aliphatic heterocycles. The number of esters is 1. The molecule has 5 heteroatoms. The molecule has 0 aromatic carbocycles. The Morgan fingerprint density at radius 1 is 1.10 bits per heavy atom. The molecule has 3 atom stereocenters. The lowest BCUT2D eigenvalue weighted by atomic mass is 9.97. The fourth-order valence-electron chi connectivity index (χ4n) is 3.59. The Kier molecular flexibility index (Phi) is 5.02. The maximum absolute atomic E-state index is 12.6. The van der Waals surface area contributed by atoms with E-state index in [1.165, 1.54) is 13.5 Å². The van der Waals surface area contributed by atoms with Gasteiger partial charge in [0.05, 0.1) is 13.7 Å². The van der Waals surface area contributed by atoms with Crippen LogP contribution in [0.25, 0.3) is 0 Å². The Morgan fingerprint density at radius 3 is 2.35 bits per heavy atom. The van der Waals surface area contributed by atoms with Gasteiger partial charge in [-0.15, -0.1) is 0 Å². The molecule has 2 fully saturated rings. The molecule has 0 spiro atoms. The summed E-state index contributed by atoms with van der Waals surface area (Å²) < 4.78 is 4.83. The second kappa shape index (κ2) is 6.57. The minimum atomic E-state index is -0.237. The molecule has 114 valence electrons. The van der Waals surface area contributed by atoms with E-state index in [1.807, 2.05) is 9.80 Å². The van der Waals surface area contributed by atoms with Crippen LogP contribution in [-0.4, -0.2) is 60.0 Å². The maximum Gasteiger partial charge on any atom is 0.323 e. The standard InChI is InChI=1S/C15H26N2O3/c1-11-6-4-7-12(2)17(11)14(18)10-16-9-5-8-13(16)15(19)20-3/h11-13H,4-10H2,1-3H3/t11-,12+,13-/m0/s1. The molecule has 0 radical (unpaired) electrons. The first kappa shape index (κ1) is 15.3. The Bertz CT molecular complexity index is 362. The van der Waals surface area contributed by atoms with Gasteiger partial charge in [-0.1, -0.05) is 0 Å². The first-order valence-electron chi connectivity index (χ1n) is 7.67. The van der Waals surface area contributed by atoms with Crippen LogP contribution in [0.15, 0.2) is 0 Å². The summed E-state index contributed by atoms with van der Waals surface area (Å²) in [5.41, 5.74) is 0. The summed E-state index contributed by atoms with van der Waals surface area (Å²) in [7, 11) is 1.41. The third-order valence-corrected chi connectivity index (χ3v) is 4.66. The third kappa shape index (κ3) is 3.14. The zero-order valence-corrected chi connectivity index (χ0v) is 12.8. The van der Waals surface area contributed by atoms with Crippen molar-refractivity contribution >= 4 is 11.9 Å². The number of nitrogens with zero attached hydrogens (tertiary/aromatic N) is 2. The minimum absolute atomic E-state index is 0.153. The summed E-state index contributed by atoms with van der Waals surface area (Å²) in [6.07, 6.45) is 5.11. The number of likely N-dealkylation sites (tertiary alicyclic amines) is 2. The highest BCUT2D eigenvalue weighted by atomic mass is 16.5. The largest absolute Gasteiger partial charge is 0.468 e. The molecular weight excluding hydrogens is 256 g/mol. The molecule has 0 aromatic rings. The summed E-state index contributed by atoms with van der Waals surface area (Å²) in [6, 6.07) is 0.384. The van der Waals surface area contributed by atoms with Gasteiger partial charge in [-0.3, -0.25) is 14.5 Å². The first-order valence-corrected chi connectivity index (χ1v) is 7.67. The number of hydrogen-bond donors (Lipinski definition) is 0. The molecule has 2 rings (SSSR count). The van der Waals surface area contributed by atoms with Gasteiger partial charge >= 0.3 is 5.97 Å². The lowest BCUT2D eigenvalue weighted by molar-refractivity contribution is -0.147. The van der Waals surface area contributed by atoms with E-state index in [-0.39, 0.29) is 17.9 Å². The predicted molar refractivity (Wildman–Crippen MR) is 76.2 cm³/mol. The topological polar surface area (TPSA) is 49.9 Å². The third-order valence-electron chi connectivity index (χ3n) is 4.66. The maximum atomic E-state index is 12.6. The molecule has 0 bridgehead atoms.